The van der Waals surface area contributed by atoms with E-state index in [-0.39, 0.29) is 17.4 Å². The molecule has 8 heteroatoms. The second kappa shape index (κ2) is 8.22. The third-order valence-electron chi connectivity index (χ3n) is 4.11. The van der Waals surface area contributed by atoms with Crippen LogP contribution in [0.25, 0.3) is 0 Å². The number of ether oxygens (including phenoxy) is 1. The van der Waals surface area contributed by atoms with Crippen LogP contribution in [0.5, 0.6) is 5.75 Å². The number of nitrogens with zero attached hydrogens (tertiary/aromatic N) is 2. The Morgan fingerprint density at radius 1 is 1.15 bits per heavy atom. The first-order chi connectivity index (χ1) is 12.9. The van der Waals surface area contributed by atoms with Crippen molar-refractivity contribution in [2.75, 3.05) is 25.5 Å². The normalized spacial score (nSPS) is 15.7. The molecule has 7 nitrogen and oxygen atoms in total. The Labute approximate surface area is 158 Å². The van der Waals surface area contributed by atoms with Crippen molar-refractivity contribution in [3.63, 3.8) is 0 Å². The van der Waals surface area contributed by atoms with Gasteiger partial charge in [0.15, 0.2) is 6.61 Å². The van der Waals surface area contributed by atoms with E-state index < -0.39 is 10.0 Å². The van der Waals surface area contributed by atoms with Crippen LogP contribution in [-0.4, -0.2) is 45.3 Å². The topological polar surface area (TPSA) is 88.1 Å². The van der Waals surface area contributed by atoms with Crippen molar-refractivity contribution >= 4 is 27.5 Å². The van der Waals surface area contributed by atoms with Gasteiger partial charge in [-0.25, -0.2) is 0 Å². The molecule has 27 heavy (non-hydrogen) atoms. The first kappa shape index (κ1) is 18.9. The highest BCUT2D eigenvalue weighted by molar-refractivity contribution is 7.90. The van der Waals surface area contributed by atoms with Crippen molar-refractivity contribution in [2.45, 2.75) is 17.7 Å². The summed E-state index contributed by atoms with van der Waals surface area (Å²) in [5.74, 6) is 0.845. The van der Waals surface area contributed by atoms with Crippen molar-refractivity contribution in [2.24, 2.45) is 4.40 Å². The molecule has 1 heterocycles. The van der Waals surface area contributed by atoms with E-state index in [2.05, 4.69) is 9.71 Å². The molecule has 142 valence electrons. The Morgan fingerprint density at radius 3 is 2.48 bits per heavy atom. The minimum absolute atomic E-state index is 0.0915. The van der Waals surface area contributed by atoms with Gasteiger partial charge in [-0.2, -0.15) is 8.42 Å². The van der Waals surface area contributed by atoms with Crippen molar-refractivity contribution in [1.29, 1.82) is 0 Å². The molecule has 0 atom stereocenters. The van der Waals surface area contributed by atoms with E-state index in [0.717, 1.165) is 13.0 Å². The number of carbonyl (C=O) groups is 1. The summed E-state index contributed by atoms with van der Waals surface area (Å²) in [6.45, 7) is 0.675. The van der Waals surface area contributed by atoms with Crippen LogP contribution >= 0.6 is 0 Å². The molecule has 0 spiro atoms. The summed E-state index contributed by atoms with van der Waals surface area (Å²) in [6, 6.07) is 14.9. The lowest BCUT2D eigenvalue weighted by Crippen LogP contribution is -2.20. The van der Waals surface area contributed by atoms with Gasteiger partial charge >= 0.3 is 0 Å². The third-order valence-corrected chi connectivity index (χ3v) is 5.43. The highest BCUT2D eigenvalue weighted by Crippen LogP contribution is 2.19. The number of nitrogens with one attached hydrogen (secondary N) is 1. The fourth-order valence-electron chi connectivity index (χ4n) is 2.67. The zero-order chi connectivity index (χ0) is 19.3. The van der Waals surface area contributed by atoms with Crippen LogP contribution in [0.15, 0.2) is 63.9 Å². The second-order valence-corrected chi connectivity index (χ2v) is 7.79. The fraction of sp³-hybridized carbons (Fsp3) is 0.263. The maximum atomic E-state index is 12.4. The first-order valence-electron chi connectivity index (χ1n) is 8.57. The van der Waals surface area contributed by atoms with Gasteiger partial charge in [-0.05, 0) is 42.8 Å². The lowest BCUT2D eigenvalue weighted by atomic mass is 10.3. The predicted octanol–water partition coefficient (Wildman–Crippen LogP) is 2.52. The predicted molar refractivity (Wildman–Crippen MR) is 103 cm³/mol. The van der Waals surface area contributed by atoms with E-state index in [1.165, 1.54) is 24.3 Å². The van der Waals surface area contributed by atoms with E-state index in [4.69, 9.17) is 4.74 Å². The summed E-state index contributed by atoms with van der Waals surface area (Å²) < 4.78 is 34.1. The molecule has 0 aliphatic carbocycles. The minimum atomic E-state index is -3.76. The summed E-state index contributed by atoms with van der Waals surface area (Å²) in [5.41, 5.74) is 0.487. The van der Waals surface area contributed by atoms with Crippen LogP contribution in [0, 0.1) is 0 Å². The van der Waals surface area contributed by atoms with Gasteiger partial charge in [0, 0.05) is 25.7 Å². The molecule has 1 amide bonds. The van der Waals surface area contributed by atoms with E-state index in [9.17, 15) is 13.2 Å². The Morgan fingerprint density at radius 2 is 1.85 bits per heavy atom. The van der Waals surface area contributed by atoms with Crippen molar-refractivity contribution in [3.05, 3.63) is 54.6 Å². The zero-order valence-corrected chi connectivity index (χ0v) is 15.8. The molecular formula is C19H21N3O4S. The molecule has 3 rings (SSSR count). The van der Waals surface area contributed by atoms with Gasteiger partial charge < -0.3 is 15.0 Å². The number of amidine groups is 1. The van der Waals surface area contributed by atoms with Crippen LogP contribution in [0.2, 0.25) is 0 Å². The number of hydrogen-bond donors (Lipinski definition) is 1. The van der Waals surface area contributed by atoms with Crippen LogP contribution in [-0.2, 0) is 14.8 Å². The Bertz CT molecular complexity index is 925. The number of hydrogen-bond acceptors (Lipinski definition) is 4. The number of likely N-dealkylation sites (tertiary alicyclic amines) is 1. The van der Waals surface area contributed by atoms with Gasteiger partial charge in [-0.1, -0.05) is 18.2 Å². The lowest BCUT2D eigenvalue weighted by molar-refractivity contribution is -0.118. The second-order valence-electron chi connectivity index (χ2n) is 6.18. The maximum Gasteiger partial charge on any atom is 0.283 e. The molecule has 0 saturated carbocycles. The molecule has 0 bridgehead atoms. The molecule has 2 aromatic carbocycles. The molecule has 0 radical (unpaired) electrons. The van der Waals surface area contributed by atoms with Gasteiger partial charge in [0.05, 0.1) is 4.90 Å². The number of para-hydroxylation sites is 1. The van der Waals surface area contributed by atoms with Gasteiger partial charge in [-0.3, -0.25) is 4.79 Å². The van der Waals surface area contributed by atoms with Crippen LogP contribution in [0.4, 0.5) is 5.69 Å². The third kappa shape index (κ3) is 5.07. The molecule has 1 aliphatic heterocycles. The number of carbonyl (C=O) groups excluding carboxylic acids is 1. The summed E-state index contributed by atoms with van der Waals surface area (Å²) in [5, 5.41) is 2.67. The molecule has 1 N–H and O–H groups in total. The molecule has 0 aromatic heterocycles. The van der Waals surface area contributed by atoms with Crippen molar-refractivity contribution < 1.29 is 17.9 Å². The van der Waals surface area contributed by atoms with Gasteiger partial charge in [-0.15, -0.1) is 4.40 Å². The van der Waals surface area contributed by atoms with Crippen molar-refractivity contribution in [3.8, 4) is 5.75 Å². The standard InChI is InChI=1S/C19H21N3O4S/c1-22-13-5-8-18(22)21-27(24,25)17-11-9-15(10-12-17)20-19(23)14-26-16-6-3-2-4-7-16/h2-4,6-7,9-12H,5,8,13-14H2,1H3,(H,20,23)/b21-18+. The summed E-state index contributed by atoms with van der Waals surface area (Å²) >= 11 is 0. The van der Waals surface area contributed by atoms with Crippen LogP contribution in [0.3, 0.4) is 0 Å². The largest absolute Gasteiger partial charge is 0.484 e. The number of amides is 1. The Balaban J connectivity index is 1.60. The van der Waals surface area contributed by atoms with Gasteiger partial charge in [0.2, 0.25) is 0 Å². The number of anilines is 1. The summed E-state index contributed by atoms with van der Waals surface area (Å²) in [4.78, 5) is 13.9. The summed E-state index contributed by atoms with van der Waals surface area (Å²) in [6.07, 6.45) is 1.56. The lowest BCUT2D eigenvalue weighted by Gasteiger charge is -2.11. The Kier molecular flexibility index (Phi) is 5.75. The fourth-order valence-corrected chi connectivity index (χ4v) is 3.77. The van der Waals surface area contributed by atoms with Crippen molar-refractivity contribution in [1.82, 2.24) is 4.90 Å². The average Bonchev–Trinajstić information content (AvgIpc) is 3.05. The molecular weight excluding hydrogens is 366 g/mol. The smallest absolute Gasteiger partial charge is 0.283 e. The van der Waals surface area contributed by atoms with Crippen LogP contribution in [0.1, 0.15) is 12.8 Å². The average molecular weight is 387 g/mol. The van der Waals surface area contributed by atoms with E-state index in [1.54, 1.807) is 12.1 Å². The van der Waals surface area contributed by atoms with Gasteiger partial charge in [0.25, 0.3) is 15.9 Å². The molecule has 2 aromatic rings. The highest BCUT2D eigenvalue weighted by atomic mass is 32.2. The Hall–Kier alpha value is -2.87. The SMILES string of the molecule is CN1CCC/C1=N\S(=O)(=O)c1ccc(NC(=O)COc2ccccc2)cc1. The maximum absolute atomic E-state index is 12.4. The first-order valence-corrected chi connectivity index (χ1v) is 10.0. The van der Waals surface area contributed by atoms with Crippen LogP contribution < -0.4 is 10.1 Å². The molecule has 1 saturated heterocycles. The zero-order valence-electron chi connectivity index (χ0n) is 15.0. The quantitative estimate of drug-likeness (QED) is 0.823. The van der Waals surface area contributed by atoms with E-state index >= 15 is 0 Å². The summed E-state index contributed by atoms with van der Waals surface area (Å²) in [7, 11) is -1.93. The van der Waals surface area contributed by atoms with E-state index in [0.29, 0.717) is 23.7 Å². The molecule has 1 fully saturated rings. The van der Waals surface area contributed by atoms with Gasteiger partial charge in [0.1, 0.15) is 11.6 Å². The number of rotatable bonds is 6. The minimum Gasteiger partial charge on any atom is -0.484 e. The number of benzene rings is 2. The number of sulfonamides is 1. The molecule has 1 aliphatic rings. The van der Waals surface area contributed by atoms with E-state index in [1.807, 2.05) is 30.1 Å². The molecule has 0 unspecified atom stereocenters. The monoisotopic (exact) mass is 387 g/mol. The highest BCUT2D eigenvalue weighted by Gasteiger charge is 2.20.